The Morgan fingerprint density at radius 2 is 1.63 bits per heavy atom. The van der Waals surface area contributed by atoms with E-state index in [4.69, 9.17) is 9.47 Å². The second-order valence-corrected chi connectivity index (χ2v) is 7.09. The van der Waals surface area contributed by atoms with Crippen molar-refractivity contribution in [2.45, 2.75) is 0 Å². The number of ether oxygens (including phenoxy) is 2. The minimum Gasteiger partial charge on any atom is -0.454 e. The number of para-hydroxylation sites is 1. The first kappa shape index (κ1) is 18.2. The molecule has 1 saturated heterocycles. The number of benzene rings is 2. The molecule has 8 heteroatoms. The predicted molar refractivity (Wildman–Crippen MR) is 113 cm³/mol. The van der Waals surface area contributed by atoms with Crippen LogP contribution in [0.2, 0.25) is 0 Å². The Kier molecular flexibility index (Phi) is 4.80. The normalized spacial score (nSPS) is 15.2. The third-order valence-electron chi connectivity index (χ3n) is 5.25. The van der Waals surface area contributed by atoms with Crippen LogP contribution in [0.4, 0.5) is 17.3 Å². The number of aromatic nitrogens is 2. The van der Waals surface area contributed by atoms with E-state index in [2.05, 4.69) is 49.4 Å². The minimum atomic E-state index is -0.258. The SMILES string of the molecule is O=C(Nc1cc(N2CCN(c3ccccc3)CC2)ncn1)c1ccc2c(c1)OCO2. The summed E-state index contributed by atoms with van der Waals surface area (Å²) in [5.74, 6) is 2.23. The van der Waals surface area contributed by atoms with Crippen LogP contribution in [0, 0.1) is 0 Å². The minimum absolute atomic E-state index is 0.174. The van der Waals surface area contributed by atoms with Crippen LogP contribution in [0.15, 0.2) is 60.9 Å². The fourth-order valence-electron chi connectivity index (χ4n) is 3.65. The topological polar surface area (TPSA) is 79.8 Å². The first-order valence-electron chi connectivity index (χ1n) is 9.84. The second kappa shape index (κ2) is 7.90. The van der Waals surface area contributed by atoms with Gasteiger partial charge in [-0.25, -0.2) is 9.97 Å². The monoisotopic (exact) mass is 403 g/mol. The van der Waals surface area contributed by atoms with E-state index in [0.717, 1.165) is 32.0 Å². The standard InChI is InChI=1S/C22H21N5O3/c28-22(16-6-7-18-19(12-16)30-15-29-18)25-20-13-21(24-14-23-20)27-10-8-26(9-11-27)17-4-2-1-3-5-17/h1-7,12-14H,8-11,15H2,(H,23,24,25,28). The summed E-state index contributed by atoms with van der Waals surface area (Å²) < 4.78 is 10.6. The molecule has 3 heterocycles. The van der Waals surface area contributed by atoms with Gasteiger partial charge >= 0.3 is 0 Å². The second-order valence-electron chi connectivity index (χ2n) is 7.09. The number of carbonyl (C=O) groups excluding carboxylic acids is 1. The van der Waals surface area contributed by atoms with Crippen LogP contribution >= 0.6 is 0 Å². The highest BCUT2D eigenvalue weighted by molar-refractivity contribution is 6.04. The molecule has 2 aliphatic heterocycles. The Balaban J connectivity index is 1.24. The van der Waals surface area contributed by atoms with E-state index in [1.807, 2.05) is 12.1 Å². The van der Waals surface area contributed by atoms with E-state index < -0.39 is 0 Å². The smallest absolute Gasteiger partial charge is 0.256 e. The van der Waals surface area contributed by atoms with Crippen LogP contribution in [0.25, 0.3) is 0 Å². The zero-order chi connectivity index (χ0) is 20.3. The summed E-state index contributed by atoms with van der Waals surface area (Å²) in [5.41, 5.74) is 1.72. The molecule has 1 N–H and O–H groups in total. The number of piperazine rings is 1. The number of rotatable bonds is 4. The molecule has 2 aliphatic rings. The highest BCUT2D eigenvalue weighted by Gasteiger charge is 2.20. The molecule has 2 aromatic carbocycles. The van der Waals surface area contributed by atoms with Crippen LogP contribution in [0.1, 0.15) is 10.4 Å². The van der Waals surface area contributed by atoms with Gasteiger partial charge in [-0.1, -0.05) is 18.2 Å². The summed E-state index contributed by atoms with van der Waals surface area (Å²) >= 11 is 0. The number of hydrogen-bond donors (Lipinski definition) is 1. The van der Waals surface area contributed by atoms with Crippen molar-refractivity contribution < 1.29 is 14.3 Å². The number of carbonyl (C=O) groups is 1. The molecule has 1 aromatic heterocycles. The van der Waals surface area contributed by atoms with Crippen LogP contribution in [-0.2, 0) is 0 Å². The lowest BCUT2D eigenvalue weighted by Gasteiger charge is -2.36. The highest BCUT2D eigenvalue weighted by Crippen LogP contribution is 2.32. The van der Waals surface area contributed by atoms with Gasteiger partial charge in [-0.2, -0.15) is 0 Å². The molecule has 0 spiro atoms. The summed E-state index contributed by atoms with van der Waals surface area (Å²) in [6.07, 6.45) is 1.48. The third-order valence-corrected chi connectivity index (χ3v) is 5.25. The number of hydrogen-bond acceptors (Lipinski definition) is 7. The molecule has 1 amide bonds. The van der Waals surface area contributed by atoms with E-state index in [1.54, 1.807) is 18.2 Å². The summed E-state index contributed by atoms with van der Waals surface area (Å²) in [7, 11) is 0. The van der Waals surface area contributed by atoms with Crippen LogP contribution < -0.4 is 24.6 Å². The number of amides is 1. The predicted octanol–water partition coefficient (Wildman–Crippen LogP) is 2.78. The maximum Gasteiger partial charge on any atom is 0.256 e. The van der Waals surface area contributed by atoms with Gasteiger partial charge in [0.25, 0.3) is 5.91 Å². The van der Waals surface area contributed by atoms with Gasteiger partial charge in [0, 0.05) is 43.5 Å². The Hall–Kier alpha value is -3.81. The van der Waals surface area contributed by atoms with Gasteiger partial charge in [-0.3, -0.25) is 4.79 Å². The highest BCUT2D eigenvalue weighted by atomic mass is 16.7. The Labute approximate surface area is 174 Å². The van der Waals surface area contributed by atoms with Gasteiger partial charge in [-0.05, 0) is 30.3 Å². The Morgan fingerprint density at radius 3 is 2.47 bits per heavy atom. The molecule has 1 fully saturated rings. The fraction of sp³-hybridized carbons (Fsp3) is 0.227. The average molecular weight is 403 g/mol. The molecule has 0 bridgehead atoms. The van der Waals surface area contributed by atoms with E-state index in [1.165, 1.54) is 12.0 Å². The maximum atomic E-state index is 12.6. The molecule has 152 valence electrons. The largest absolute Gasteiger partial charge is 0.454 e. The van der Waals surface area contributed by atoms with Crippen molar-refractivity contribution in [2.24, 2.45) is 0 Å². The molecular formula is C22H21N5O3. The lowest BCUT2D eigenvalue weighted by Crippen LogP contribution is -2.46. The lowest BCUT2D eigenvalue weighted by atomic mass is 10.2. The molecular weight excluding hydrogens is 382 g/mol. The van der Waals surface area contributed by atoms with Crippen molar-refractivity contribution in [1.29, 1.82) is 0 Å². The van der Waals surface area contributed by atoms with Gasteiger partial charge < -0.3 is 24.6 Å². The van der Waals surface area contributed by atoms with Crippen molar-refractivity contribution in [1.82, 2.24) is 9.97 Å². The molecule has 0 saturated carbocycles. The molecule has 8 nitrogen and oxygen atoms in total. The summed E-state index contributed by atoms with van der Waals surface area (Å²) in [4.78, 5) is 25.8. The zero-order valence-electron chi connectivity index (χ0n) is 16.3. The van der Waals surface area contributed by atoms with Crippen molar-refractivity contribution in [3.05, 3.63) is 66.5 Å². The first-order valence-corrected chi connectivity index (χ1v) is 9.84. The molecule has 5 rings (SSSR count). The van der Waals surface area contributed by atoms with Gasteiger partial charge in [0.1, 0.15) is 18.0 Å². The number of anilines is 3. The van der Waals surface area contributed by atoms with E-state index in [-0.39, 0.29) is 12.7 Å². The third kappa shape index (κ3) is 3.71. The number of nitrogens with zero attached hydrogens (tertiary/aromatic N) is 4. The molecule has 0 aliphatic carbocycles. The van der Waals surface area contributed by atoms with E-state index in [0.29, 0.717) is 22.9 Å². The van der Waals surface area contributed by atoms with Gasteiger partial charge in [0.15, 0.2) is 11.5 Å². The van der Waals surface area contributed by atoms with E-state index in [9.17, 15) is 4.79 Å². The summed E-state index contributed by atoms with van der Waals surface area (Å²) in [6, 6.07) is 17.3. The molecule has 30 heavy (non-hydrogen) atoms. The molecule has 0 unspecified atom stereocenters. The van der Waals surface area contributed by atoms with Crippen molar-refractivity contribution in [2.75, 3.05) is 48.1 Å². The fourth-order valence-corrected chi connectivity index (χ4v) is 3.65. The Morgan fingerprint density at radius 1 is 0.867 bits per heavy atom. The van der Waals surface area contributed by atoms with Crippen molar-refractivity contribution in [3.63, 3.8) is 0 Å². The first-order chi connectivity index (χ1) is 14.8. The van der Waals surface area contributed by atoms with Crippen molar-refractivity contribution >= 4 is 23.2 Å². The summed E-state index contributed by atoms with van der Waals surface area (Å²) in [6.45, 7) is 3.69. The number of nitrogens with one attached hydrogen (secondary N) is 1. The van der Waals surface area contributed by atoms with Gasteiger partial charge in [0.2, 0.25) is 6.79 Å². The Bertz CT molecular complexity index is 1050. The molecule has 0 radical (unpaired) electrons. The maximum absolute atomic E-state index is 12.6. The van der Waals surface area contributed by atoms with Crippen molar-refractivity contribution in [3.8, 4) is 11.5 Å². The van der Waals surface area contributed by atoms with Crippen LogP contribution in [0.3, 0.4) is 0 Å². The lowest BCUT2D eigenvalue weighted by molar-refractivity contribution is 0.102. The van der Waals surface area contributed by atoms with Crippen LogP contribution in [-0.4, -0.2) is 48.8 Å². The van der Waals surface area contributed by atoms with E-state index >= 15 is 0 Å². The quantitative estimate of drug-likeness (QED) is 0.718. The van der Waals surface area contributed by atoms with Crippen LogP contribution in [0.5, 0.6) is 11.5 Å². The molecule has 3 aromatic rings. The average Bonchev–Trinajstić information content (AvgIpc) is 3.28. The molecule has 0 atom stereocenters. The van der Waals surface area contributed by atoms with Gasteiger partial charge in [-0.15, -0.1) is 0 Å². The number of fused-ring (bicyclic) bond motifs is 1. The van der Waals surface area contributed by atoms with Gasteiger partial charge in [0.05, 0.1) is 0 Å². The zero-order valence-corrected chi connectivity index (χ0v) is 16.3. The summed E-state index contributed by atoms with van der Waals surface area (Å²) in [5, 5.41) is 2.84.